The lowest BCUT2D eigenvalue weighted by molar-refractivity contribution is 0.855. The molecule has 0 aliphatic heterocycles. The molecule has 0 aliphatic carbocycles. The fourth-order valence-corrected chi connectivity index (χ4v) is 2.21. The summed E-state index contributed by atoms with van der Waals surface area (Å²) in [6.07, 6.45) is 0. The van der Waals surface area contributed by atoms with Gasteiger partial charge >= 0.3 is 0 Å². The van der Waals surface area contributed by atoms with Gasteiger partial charge in [-0.25, -0.2) is 0 Å². The Bertz CT molecular complexity index is 342. The maximum atomic E-state index is 11.3. The molecule has 0 atom stereocenters. The van der Waals surface area contributed by atoms with Gasteiger partial charge in [-0.05, 0) is 25.7 Å². The van der Waals surface area contributed by atoms with E-state index >= 15 is 0 Å². The lowest BCUT2D eigenvalue weighted by atomic mass is 10.6. The summed E-state index contributed by atoms with van der Waals surface area (Å²) in [5, 5.41) is 4.35. The molecule has 0 saturated heterocycles. The number of aromatic nitrogens is 2. The summed E-state index contributed by atoms with van der Waals surface area (Å²) in [5.74, 6) is 0. The minimum atomic E-state index is -1.70. The van der Waals surface area contributed by atoms with Crippen LogP contribution in [0.2, 0.25) is 24.8 Å². The summed E-state index contributed by atoms with van der Waals surface area (Å²) in [7, 11) is -1.70. The van der Waals surface area contributed by atoms with Gasteiger partial charge in [0.1, 0.15) is 5.15 Å². The molecule has 0 aliphatic rings. The van der Waals surface area contributed by atoms with Crippen LogP contribution in [0, 0.1) is 0 Å². The summed E-state index contributed by atoms with van der Waals surface area (Å²) in [5.41, 5.74) is -0.0708. The van der Waals surface area contributed by atoms with E-state index in [9.17, 15) is 4.79 Å². The van der Waals surface area contributed by atoms with Crippen molar-refractivity contribution in [3.63, 3.8) is 0 Å². The molecule has 0 aromatic carbocycles. The molecule has 1 heterocycles. The summed E-state index contributed by atoms with van der Waals surface area (Å²) >= 11 is 5.67. The highest BCUT2D eigenvalue weighted by atomic mass is 35.5. The molecule has 66 valence electrons. The topological polar surface area (TPSA) is 34.9 Å². The monoisotopic (exact) mass is 202 g/mol. The van der Waals surface area contributed by atoms with Crippen LogP contribution in [-0.2, 0) is 0 Å². The molecule has 0 unspecified atom stereocenters. The summed E-state index contributed by atoms with van der Waals surface area (Å²) in [6, 6.07) is 2.97. The Morgan fingerprint density at radius 2 is 2.00 bits per heavy atom. The van der Waals surface area contributed by atoms with Crippen LogP contribution < -0.4 is 5.56 Å². The molecule has 3 nitrogen and oxygen atoms in total. The average molecular weight is 203 g/mol. The summed E-state index contributed by atoms with van der Waals surface area (Å²) in [6.45, 7) is 6.12. The van der Waals surface area contributed by atoms with E-state index in [0.29, 0.717) is 5.15 Å². The van der Waals surface area contributed by atoms with Crippen molar-refractivity contribution in [3.8, 4) is 0 Å². The van der Waals surface area contributed by atoms with E-state index in [2.05, 4.69) is 5.10 Å². The van der Waals surface area contributed by atoms with Crippen LogP contribution >= 0.6 is 11.6 Å². The molecule has 0 radical (unpaired) electrons. The first-order chi connectivity index (χ1) is 5.41. The summed E-state index contributed by atoms with van der Waals surface area (Å²) in [4.78, 5) is 11.3. The second kappa shape index (κ2) is 3.03. The van der Waals surface area contributed by atoms with Crippen LogP contribution in [0.15, 0.2) is 16.9 Å². The zero-order chi connectivity index (χ0) is 9.35. The molecule has 0 saturated carbocycles. The predicted octanol–water partition coefficient (Wildman–Crippen LogP) is 1.58. The van der Waals surface area contributed by atoms with E-state index < -0.39 is 8.24 Å². The number of halogens is 1. The molecule has 5 heteroatoms. The molecular formula is C7H11ClN2OSi. The van der Waals surface area contributed by atoms with Gasteiger partial charge in [-0.1, -0.05) is 11.6 Å². The molecule has 0 fully saturated rings. The molecule has 12 heavy (non-hydrogen) atoms. The molecule has 1 rings (SSSR count). The lowest BCUT2D eigenvalue weighted by Crippen LogP contribution is -2.42. The number of rotatable bonds is 1. The predicted molar refractivity (Wildman–Crippen MR) is 52.3 cm³/mol. The van der Waals surface area contributed by atoms with Gasteiger partial charge in [0.05, 0.1) is 0 Å². The van der Waals surface area contributed by atoms with Gasteiger partial charge in [-0.15, -0.1) is 0 Å². The van der Waals surface area contributed by atoms with E-state index in [1.807, 2.05) is 19.6 Å². The van der Waals surface area contributed by atoms with Gasteiger partial charge in [0.25, 0.3) is 5.56 Å². The van der Waals surface area contributed by atoms with Crippen molar-refractivity contribution in [1.82, 2.24) is 9.45 Å². The first-order valence-electron chi connectivity index (χ1n) is 3.67. The van der Waals surface area contributed by atoms with Crippen molar-refractivity contribution < 1.29 is 0 Å². The molecule has 1 aromatic rings. The largest absolute Gasteiger partial charge is 0.269 e. The lowest BCUT2D eigenvalue weighted by Gasteiger charge is -2.17. The van der Waals surface area contributed by atoms with Crippen LogP contribution in [0.25, 0.3) is 0 Å². The third-order valence-corrected chi connectivity index (χ3v) is 3.20. The van der Waals surface area contributed by atoms with E-state index in [4.69, 9.17) is 11.6 Å². The Hall–Kier alpha value is -0.613. The second-order valence-corrected chi connectivity index (χ2v) is 8.73. The number of hydrogen-bond donors (Lipinski definition) is 0. The highest BCUT2D eigenvalue weighted by molar-refractivity contribution is 6.74. The fraction of sp³-hybridized carbons (Fsp3) is 0.429. The Morgan fingerprint density at radius 3 is 2.42 bits per heavy atom. The van der Waals surface area contributed by atoms with Crippen molar-refractivity contribution >= 4 is 19.8 Å². The van der Waals surface area contributed by atoms with Gasteiger partial charge in [0.2, 0.25) is 0 Å². The van der Waals surface area contributed by atoms with E-state index in [1.54, 1.807) is 0 Å². The Labute approximate surface area is 77.1 Å². The highest BCUT2D eigenvalue weighted by Gasteiger charge is 2.19. The molecule has 0 amide bonds. The molecule has 0 spiro atoms. The maximum Gasteiger partial charge on any atom is 0.258 e. The average Bonchev–Trinajstić information content (AvgIpc) is 1.92. The second-order valence-electron chi connectivity index (χ2n) is 3.58. The molecule has 0 N–H and O–H groups in total. The molecule has 0 bridgehead atoms. The zero-order valence-corrected chi connectivity index (χ0v) is 9.09. The third kappa shape index (κ3) is 1.95. The molecular weight excluding hydrogens is 192 g/mol. The Balaban J connectivity index is 3.33. The van der Waals surface area contributed by atoms with E-state index in [-0.39, 0.29) is 5.56 Å². The van der Waals surface area contributed by atoms with Crippen molar-refractivity contribution in [2.75, 3.05) is 0 Å². The third-order valence-electron chi connectivity index (χ3n) is 1.40. The van der Waals surface area contributed by atoms with Crippen molar-refractivity contribution in [2.45, 2.75) is 19.6 Å². The quantitative estimate of drug-likeness (QED) is 0.649. The van der Waals surface area contributed by atoms with Crippen LogP contribution in [-0.4, -0.2) is 17.7 Å². The highest BCUT2D eigenvalue weighted by Crippen LogP contribution is 2.04. The first-order valence-corrected chi connectivity index (χ1v) is 7.50. The smallest absolute Gasteiger partial charge is 0.258 e. The van der Waals surface area contributed by atoms with Crippen molar-refractivity contribution in [2.24, 2.45) is 0 Å². The van der Waals surface area contributed by atoms with Crippen LogP contribution in [0.1, 0.15) is 0 Å². The fourth-order valence-electron chi connectivity index (χ4n) is 0.869. The van der Waals surface area contributed by atoms with Crippen LogP contribution in [0.5, 0.6) is 0 Å². The Kier molecular flexibility index (Phi) is 2.39. The summed E-state index contributed by atoms with van der Waals surface area (Å²) < 4.78 is 1.51. The first kappa shape index (κ1) is 9.47. The van der Waals surface area contributed by atoms with Gasteiger partial charge in [-0.2, -0.15) is 5.10 Å². The zero-order valence-electron chi connectivity index (χ0n) is 7.34. The van der Waals surface area contributed by atoms with Gasteiger partial charge < -0.3 is 0 Å². The Morgan fingerprint density at radius 1 is 1.42 bits per heavy atom. The van der Waals surface area contributed by atoms with E-state index in [0.717, 1.165) is 0 Å². The normalized spacial score (nSPS) is 11.7. The standard InChI is InChI=1S/C7H11ClN2OSi/c1-12(2,3)10-7(11)5-4-6(8)9-10/h4-5H,1-3H3. The minimum Gasteiger partial charge on any atom is -0.269 e. The van der Waals surface area contributed by atoms with E-state index in [1.165, 1.54) is 16.5 Å². The van der Waals surface area contributed by atoms with Gasteiger partial charge in [-0.3, -0.25) is 9.14 Å². The maximum absolute atomic E-state index is 11.3. The molecule has 1 aromatic heterocycles. The van der Waals surface area contributed by atoms with Crippen LogP contribution in [0.4, 0.5) is 0 Å². The SMILES string of the molecule is C[Si](C)(C)n1nc(Cl)ccc1=O. The minimum absolute atomic E-state index is 0.0708. The van der Waals surface area contributed by atoms with Crippen molar-refractivity contribution in [1.29, 1.82) is 0 Å². The van der Waals surface area contributed by atoms with Crippen molar-refractivity contribution in [3.05, 3.63) is 27.6 Å². The number of hydrogen-bond acceptors (Lipinski definition) is 2. The van der Waals surface area contributed by atoms with Gasteiger partial charge in [0, 0.05) is 6.07 Å². The number of nitrogens with zero attached hydrogens (tertiary/aromatic N) is 2. The van der Waals surface area contributed by atoms with Gasteiger partial charge in [0.15, 0.2) is 8.24 Å². The van der Waals surface area contributed by atoms with Crippen LogP contribution in [0.3, 0.4) is 0 Å².